The molecule has 12 heteroatoms. The minimum Gasteiger partial charge on any atom is -0.368 e. The zero-order chi connectivity index (χ0) is 32.5. The highest BCUT2D eigenvalue weighted by Gasteiger charge is 2.49. The van der Waals surface area contributed by atoms with Gasteiger partial charge in [-0.25, -0.2) is 0 Å². The number of hydrogen-bond acceptors (Lipinski definition) is 6. The van der Waals surface area contributed by atoms with Crippen LogP contribution in [-0.4, -0.2) is 45.1 Å². The van der Waals surface area contributed by atoms with Crippen molar-refractivity contribution in [3.63, 3.8) is 0 Å². The number of nitrogen functional groups attached to an aromatic ring is 1. The van der Waals surface area contributed by atoms with Crippen LogP contribution in [0.25, 0.3) is 22.3 Å². The molecule has 0 atom stereocenters. The second kappa shape index (κ2) is 12.6. The summed E-state index contributed by atoms with van der Waals surface area (Å²) >= 11 is 7.28. The van der Waals surface area contributed by atoms with Gasteiger partial charge < -0.3 is 11.1 Å². The normalized spacial score (nSPS) is 13.2. The first-order valence-electron chi connectivity index (χ1n) is 14.4. The molecular formula is C34H27ClF3N5O2S. The van der Waals surface area contributed by atoms with Crippen LogP contribution in [0.15, 0.2) is 102 Å². The molecule has 0 bridgehead atoms. The lowest BCUT2D eigenvalue weighted by molar-refractivity contribution is -0.141. The second-order valence-electron chi connectivity index (χ2n) is 10.8. The van der Waals surface area contributed by atoms with Crippen molar-refractivity contribution in [2.45, 2.75) is 29.6 Å². The predicted molar refractivity (Wildman–Crippen MR) is 173 cm³/mol. The molecule has 0 saturated heterocycles. The zero-order valence-electron chi connectivity index (χ0n) is 24.2. The highest BCUT2D eigenvalue weighted by atomic mass is 35.5. The highest BCUT2D eigenvalue weighted by molar-refractivity contribution is 7.99. The maximum Gasteiger partial charge on any atom is 0.405 e. The minimum absolute atomic E-state index is 0.0833. The molecule has 4 aromatic carbocycles. The molecule has 1 aliphatic rings. The third-order valence-electron chi connectivity index (χ3n) is 7.95. The van der Waals surface area contributed by atoms with E-state index in [1.54, 1.807) is 48.5 Å². The maximum absolute atomic E-state index is 13.7. The van der Waals surface area contributed by atoms with Crippen LogP contribution in [-0.2, 0) is 10.2 Å². The maximum atomic E-state index is 13.7. The summed E-state index contributed by atoms with van der Waals surface area (Å²) in [4.78, 5) is 31.5. The molecule has 0 spiro atoms. The molecule has 0 saturated carbocycles. The van der Waals surface area contributed by atoms with Crippen molar-refractivity contribution >= 4 is 41.1 Å². The van der Waals surface area contributed by atoms with Crippen molar-refractivity contribution in [1.82, 2.24) is 20.1 Å². The number of rotatable bonds is 9. The molecule has 0 aliphatic heterocycles. The van der Waals surface area contributed by atoms with Gasteiger partial charge in [0.1, 0.15) is 12.0 Å². The molecule has 1 aromatic heterocycles. The van der Waals surface area contributed by atoms with Gasteiger partial charge in [0.15, 0.2) is 0 Å². The third kappa shape index (κ3) is 6.00. The number of alkyl halides is 3. The number of amides is 1. The Kier molecular flexibility index (Phi) is 8.63. The quantitative estimate of drug-likeness (QED) is 0.126. The fourth-order valence-electron chi connectivity index (χ4n) is 5.96. The molecule has 234 valence electrons. The summed E-state index contributed by atoms with van der Waals surface area (Å²) in [6, 6.07) is 28.8. The van der Waals surface area contributed by atoms with Crippen LogP contribution in [0.2, 0.25) is 5.02 Å². The highest BCUT2D eigenvalue weighted by Crippen LogP contribution is 2.51. The van der Waals surface area contributed by atoms with E-state index in [0.717, 1.165) is 21.4 Å². The van der Waals surface area contributed by atoms with Gasteiger partial charge in [-0.1, -0.05) is 102 Å². The Bertz CT molecular complexity index is 1880. The van der Waals surface area contributed by atoms with Crippen molar-refractivity contribution < 1.29 is 22.8 Å². The van der Waals surface area contributed by atoms with Gasteiger partial charge in [0.05, 0.1) is 0 Å². The topological polar surface area (TPSA) is 103 Å². The van der Waals surface area contributed by atoms with Crippen LogP contribution in [0, 0.1) is 0 Å². The number of anilines is 1. The Morgan fingerprint density at radius 3 is 2.09 bits per heavy atom. The van der Waals surface area contributed by atoms with Gasteiger partial charge in [0.2, 0.25) is 17.0 Å². The molecule has 6 rings (SSSR count). The number of benzene rings is 4. The molecule has 0 radical (unpaired) electrons. The molecule has 1 amide bonds. The largest absolute Gasteiger partial charge is 0.405 e. The average molecular weight is 662 g/mol. The fourth-order valence-corrected chi connectivity index (χ4v) is 6.86. The van der Waals surface area contributed by atoms with Crippen LogP contribution < -0.4 is 11.1 Å². The van der Waals surface area contributed by atoms with Crippen LogP contribution >= 0.6 is 23.4 Å². The molecule has 1 heterocycles. The number of carbonyl (C=O) groups excluding carboxylic acids is 2. The second-order valence-corrected chi connectivity index (χ2v) is 12.3. The molecular weight excluding hydrogens is 635 g/mol. The van der Waals surface area contributed by atoms with Gasteiger partial charge in [-0.3, -0.25) is 9.59 Å². The van der Waals surface area contributed by atoms with Gasteiger partial charge in [-0.2, -0.15) is 22.8 Å². The summed E-state index contributed by atoms with van der Waals surface area (Å²) in [6.07, 6.45) is -3.89. The van der Waals surface area contributed by atoms with E-state index in [4.69, 9.17) is 17.3 Å². The summed E-state index contributed by atoms with van der Waals surface area (Å²) in [7, 11) is 0. The summed E-state index contributed by atoms with van der Waals surface area (Å²) in [5.41, 5.74) is 9.63. The third-order valence-corrected chi connectivity index (χ3v) is 9.12. The predicted octanol–water partition coefficient (Wildman–Crippen LogP) is 7.39. The first kappa shape index (κ1) is 31.4. The van der Waals surface area contributed by atoms with Crippen LogP contribution in [0.4, 0.5) is 19.1 Å². The van der Waals surface area contributed by atoms with E-state index in [0.29, 0.717) is 39.5 Å². The fraction of sp³-hybridized carbons (Fsp3) is 0.176. The molecule has 0 fully saturated rings. The number of nitrogens with zero attached hydrogens (tertiary/aromatic N) is 3. The average Bonchev–Trinajstić information content (AvgIpc) is 3.57. The van der Waals surface area contributed by atoms with Gasteiger partial charge in [0, 0.05) is 16.3 Å². The molecule has 3 N–H and O–H groups in total. The van der Waals surface area contributed by atoms with Crippen molar-refractivity contribution in [3.05, 3.63) is 119 Å². The molecule has 0 unspecified atom stereocenters. The number of thioether (sulfide) groups is 1. The van der Waals surface area contributed by atoms with Crippen molar-refractivity contribution in [1.29, 1.82) is 0 Å². The van der Waals surface area contributed by atoms with E-state index in [9.17, 15) is 22.8 Å². The molecule has 46 heavy (non-hydrogen) atoms. The number of hydrogen-bond donors (Lipinski definition) is 2. The number of fused-ring (bicyclic) bond motifs is 3. The van der Waals surface area contributed by atoms with Crippen molar-refractivity contribution in [2.75, 3.05) is 18.0 Å². The lowest BCUT2D eigenvalue weighted by atomic mass is 9.73. The Morgan fingerprint density at radius 1 is 0.870 bits per heavy atom. The van der Waals surface area contributed by atoms with Crippen LogP contribution in [0.3, 0.4) is 0 Å². The van der Waals surface area contributed by atoms with Crippen LogP contribution in [0.5, 0.6) is 0 Å². The number of nitrogens with one attached hydrogen (secondary N) is 1. The van der Waals surface area contributed by atoms with E-state index >= 15 is 0 Å². The monoisotopic (exact) mass is 661 g/mol. The number of nitrogens with two attached hydrogens (primary N) is 1. The summed E-state index contributed by atoms with van der Waals surface area (Å²) < 4.78 is 40.5. The van der Waals surface area contributed by atoms with E-state index < -0.39 is 30.0 Å². The number of carbonyl (C=O) groups is 2. The van der Waals surface area contributed by atoms with Crippen LogP contribution in [0.1, 0.15) is 34.3 Å². The molecule has 5 aromatic rings. The number of halogens is 4. The first-order chi connectivity index (χ1) is 22.1. The smallest absolute Gasteiger partial charge is 0.368 e. The van der Waals surface area contributed by atoms with E-state index in [1.165, 1.54) is 11.8 Å². The zero-order valence-corrected chi connectivity index (χ0v) is 25.8. The standard InChI is InChI=1S/C34H27ClF3N5O2S/c35-22-16-14-21(15-17-22)23-8-1-2-11-26(23)29(44)43-31(39)41-32(42-43)46-19-7-18-33(30(45)40-20-34(36,37)38)27-12-5-3-9-24(27)25-10-4-6-13-28(25)33/h1-6,8-17H,7,18-20H2,(H,40,45)(H2,39,41,42). The Morgan fingerprint density at radius 2 is 1.46 bits per heavy atom. The summed E-state index contributed by atoms with van der Waals surface area (Å²) in [5, 5.41) is 7.33. The van der Waals surface area contributed by atoms with Crippen molar-refractivity contribution in [3.8, 4) is 22.3 Å². The Labute approximate surface area is 272 Å². The molecule has 7 nitrogen and oxygen atoms in total. The minimum atomic E-state index is -4.55. The van der Waals surface area contributed by atoms with E-state index in [-0.39, 0.29) is 17.5 Å². The van der Waals surface area contributed by atoms with E-state index in [1.807, 2.05) is 48.5 Å². The summed E-state index contributed by atoms with van der Waals surface area (Å²) in [6.45, 7) is -1.43. The lowest BCUT2D eigenvalue weighted by Crippen LogP contribution is -2.47. The Balaban J connectivity index is 1.21. The number of aromatic nitrogens is 3. The van der Waals surface area contributed by atoms with Gasteiger partial charge in [0.25, 0.3) is 5.91 Å². The van der Waals surface area contributed by atoms with Gasteiger partial charge in [-0.15, -0.1) is 5.10 Å². The summed E-state index contributed by atoms with van der Waals surface area (Å²) in [5.74, 6) is -0.830. The van der Waals surface area contributed by atoms with Gasteiger partial charge in [-0.05, 0) is 64.4 Å². The van der Waals surface area contributed by atoms with E-state index in [2.05, 4.69) is 15.4 Å². The SMILES string of the molecule is Nc1nc(SCCCC2(C(=O)NCC(F)(F)F)c3ccccc3-c3ccccc32)nn1C(=O)c1ccccc1-c1ccc(Cl)cc1. The first-order valence-corrected chi connectivity index (χ1v) is 15.7. The lowest BCUT2D eigenvalue weighted by Gasteiger charge is -2.31. The van der Waals surface area contributed by atoms with Crippen molar-refractivity contribution in [2.24, 2.45) is 0 Å². The van der Waals surface area contributed by atoms with Gasteiger partial charge >= 0.3 is 6.18 Å². The molecule has 1 aliphatic carbocycles. The Hall–Kier alpha value is -4.61.